The topological polar surface area (TPSA) is 77.1 Å². The number of ether oxygens (including phenoxy) is 2. The molecule has 5 heteroatoms. The standard InChI is InChI=1S/C13H20N2O3/c1-3-6-17-7-8-18-12-9-10(2)4-5-11(12)13(14)15-16/h4-5,9,16H,3,6-8H2,1-2H3,(H2,14,15). The molecule has 0 aromatic heterocycles. The first-order chi connectivity index (χ1) is 8.69. The predicted octanol–water partition coefficient (Wildman–Crippen LogP) is 1.89. The maximum absolute atomic E-state index is 8.71. The summed E-state index contributed by atoms with van der Waals surface area (Å²) >= 11 is 0. The van der Waals surface area contributed by atoms with Crippen molar-refractivity contribution in [3.63, 3.8) is 0 Å². The Morgan fingerprint density at radius 3 is 2.78 bits per heavy atom. The van der Waals surface area contributed by atoms with Crippen molar-refractivity contribution in [1.29, 1.82) is 0 Å². The van der Waals surface area contributed by atoms with Crippen molar-refractivity contribution in [3.05, 3.63) is 29.3 Å². The zero-order valence-corrected chi connectivity index (χ0v) is 10.8. The summed E-state index contributed by atoms with van der Waals surface area (Å²) in [6, 6.07) is 5.51. The van der Waals surface area contributed by atoms with Crippen LogP contribution in [0, 0.1) is 6.92 Å². The van der Waals surface area contributed by atoms with Crippen LogP contribution in [0.4, 0.5) is 0 Å². The second-order valence-corrected chi connectivity index (χ2v) is 3.95. The van der Waals surface area contributed by atoms with Gasteiger partial charge in [-0.05, 0) is 31.0 Å². The van der Waals surface area contributed by atoms with E-state index in [1.54, 1.807) is 6.07 Å². The Morgan fingerprint density at radius 1 is 1.33 bits per heavy atom. The minimum absolute atomic E-state index is 0.0412. The molecule has 100 valence electrons. The van der Waals surface area contributed by atoms with Crippen LogP contribution >= 0.6 is 0 Å². The van der Waals surface area contributed by atoms with Crippen molar-refractivity contribution < 1.29 is 14.7 Å². The first-order valence-corrected chi connectivity index (χ1v) is 5.98. The van der Waals surface area contributed by atoms with E-state index in [-0.39, 0.29) is 5.84 Å². The Kier molecular flexibility index (Phi) is 6.00. The van der Waals surface area contributed by atoms with Gasteiger partial charge in [0.2, 0.25) is 0 Å². The third-order valence-electron chi connectivity index (χ3n) is 2.35. The van der Waals surface area contributed by atoms with E-state index in [2.05, 4.69) is 12.1 Å². The molecule has 1 rings (SSSR count). The molecule has 0 spiro atoms. The summed E-state index contributed by atoms with van der Waals surface area (Å²) < 4.78 is 10.9. The van der Waals surface area contributed by atoms with E-state index in [9.17, 15) is 0 Å². The van der Waals surface area contributed by atoms with E-state index < -0.39 is 0 Å². The van der Waals surface area contributed by atoms with E-state index >= 15 is 0 Å². The second kappa shape index (κ2) is 7.55. The van der Waals surface area contributed by atoms with Crippen LogP contribution in [-0.4, -0.2) is 30.9 Å². The van der Waals surface area contributed by atoms with Crippen molar-refractivity contribution in [1.82, 2.24) is 0 Å². The Labute approximate surface area is 107 Å². The summed E-state index contributed by atoms with van der Waals surface area (Å²) in [7, 11) is 0. The molecule has 0 bridgehead atoms. The van der Waals surface area contributed by atoms with Gasteiger partial charge in [-0.15, -0.1) is 0 Å². The lowest BCUT2D eigenvalue weighted by molar-refractivity contribution is 0.100. The average Bonchev–Trinajstić information content (AvgIpc) is 2.38. The largest absolute Gasteiger partial charge is 0.490 e. The van der Waals surface area contributed by atoms with Gasteiger partial charge >= 0.3 is 0 Å². The number of nitrogens with two attached hydrogens (primary N) is 1. The van der Waals surface area contributed by atoms with Crippen molar-refractivity contribution in [2.75, 3.05) is 19.8 Å². The number of benzene rings is 1. The minimum atomic E-state index is 0.0412. The van der Waals surface area contributed by atoms with Gasteiger partial charge in [0.05, 0.1) is 12.2 Å². The molecule has 0 atom stereocenters. The molecule has 0 heterocycles. The second-order valence-electron chi connectivity index (χ2n) is 3.95. The van der Waals surface area contributed by atoms with Gasteiger partial charge in [0, 0.05) is 6.61 Å². The van der Waals surface area contributed by atoms with Gasteiger partial charge in [0.1, 0.15) is 12.4 Å². The first-order valence-electron chi connectivity index (χ1n) is 5.98. The van der Waals surface area contributed by atoms with Crippen LogP contribution in [-0.2, 0) is 4.74 Å². The monoisotopic (exact) mass is 252 g/mol. The highest BCUT2D eigenvalue weighted by Gasteiger charge is 2.08. The van der Waals surface area contributed by atoms with Gasteiger partial charge < -0.3 is 20.4 Å². The lowest BCUT2D eigenvalue weighted by Gasteiger charge is -2.11. The maximum atomic E-state index is 8.71. The smallest absolute Gasteiger partial charge is 0.173 e. The van der Waals surface area contributed by atoms with Crippen LogP contribution in [0.25, 0.3) is 0 Å². The molecule has 3 N–H and O–H groups in total. The third kappa shape index (κ3) is 4.25. The number of hydrogen-bond acceptors (Lipinski definition) is 4. The fraction of sp³-hybridized carbons (Fsp3) is 0.462. The van der Waals surface area contributed by atoms with E-state index in [0.717, 1.165) is 18.6 Å². The highest BCUT2D eigenvalue weighted by atomic mass is 16.5. The van der Waals surface area contributed by atoms with Gasteiger partial charge in [0.15, 0.2) is 5.84 Å². The average molecular weight is 252 g/mol. The van der Waals surface area contributed by atoms with Gasteiger partial charge in [-0.1, -0.05) is 18.1 Å². The minimum Gasteiger partial charge on any atom is -0.490 e. The molecule has 18 heavy (non-hydrogen) atoms. The number of oxime groups is 1. The van der Waals surface area contributed by atoms with E-state index in [4.69, 9.17) is 20.4 Å². The van der Waals surface area contributed by atoms with Crippen LogP contribution in [0.3, 0.4) is 0 Å². The van der Waals surface area contributed by atoms with Crippen molar-refractivity contribution in [2.24, 2.45) is 10.9 Å². The van der Waals surface area contributed by atoms with Crippen molar-refractivity contribution in [2.45, 2.75) is 20.3 Å². The normalized spacial score (nSPS) is 11.6. The molecule has 0 aliphatic carbocycles. The summed E-state index contributed by atoms with van der Waals surface area (Å²) in [5.74, 6) is 0.643. The summed E-state index contributed by atoms with van der Waals surface area (Å²) in [5, 5.41) is 11.7. The zero-order chi connectivity index (χ0) is 13.4. The summed E-state index contributed by atoms with van der Waals surface area (Å²) in [5.41, 5.74) is 7.22. The molecule has 0 fully saturated rings. The van der Waals surface area contributed by atoms with Gasteiger partial charge in [-0.3, -0.25) is 0 Å². The Hall–Kier alpha value is -1.75. The van der Waals surface area contributed by atoms with E-state index in [0.29, 0.717) is 24.5 Å². The molecular formula is C13H20N2O3. The number of hydrogen-bond donors (Lipinski definition) is 2. The van der Waals surface area contributed by atoms with Crippen LogP contribution in [0.1, 0.15) is 24.5 Å². The number of rotatable bonds is 7. The van der Waals surface area contributed by atoms with Gasteiger partial charge in [0.25, 0.3) is 0 Å². The SMILES string of the molecule is CCCOCCOc1cc(C)ccc1C(N)=NO. The summed E-state index contributed by atoms with van der Waals surface area (Å²) in [6.07, 6.45) is 0.986. The molecule has 0 aliphatic rings. The van der Waals surface area contributed by atoms with Crippen LogP contribution in [0.2, 0.25) is 0 Å². The number of nitrogens with zero attached hydrogens (tertiary/aromatic N) is 1. The Balaban J connectivity index is 2.65. The number of aryl methyl sites for hydroxylation is 1. The molecule has 0 unspecified atom stereocenters. The van der Waals surface area contributed by atoms with Crippen LogP contribution < -0.4 is 10.5 Å². The zero-order valence-electron chi connectivity index (χ0n) is 10.8. The summed E-state index contributed by atoms with van der Waals surface area (Å²) in [6.45, 7) is 5.70. The first kappa shape index (κ1) is 14.3. The van der Waals surface area contributed by atoms with Gasteiger partial charge in [-0.2, -0.15) is 0 Å². The summed E-state index contributed by atoms with van der Waals surface area (Å²) in [4.78, 5) is 0. The lowest BCUT2D eigenvalue weighted by atomic mass is 10.1. The quantitative estimate of drug-likeness (QED) is 0.255. The molecule has 5 nitrogen and oxygen atoms in total. The molecule has 0 saturated heterocycles. The lowest BCUT2D eigenvalue weighted by Crippen LogP contribution is -2.16. The molecule has 0 saturated carbocycles. The van der Waals surface area contributed by atoms with Crippen LogP contribution in [0.5, 0.6) is 5.75 Å². The molecule has 0 radical (unpaired) electrons. The Bertz CT molecular complexity index is 405. The molecule has 1 aromatic rings. The van der Waals surface area contributed by atoms with E-state index in [1.165, 1.54) is 0 Å². The molecule has 0 aliphatic heterocycles. The molecule has 0 amide bonds. The third-order valence-corrected chi connectivity index (χ3v) is 2.35. The fourth-order valence-electron chi connectivity index (χ4n) is 1.47. The van der Waals surface area contributed by atoms with Crippen LogP contribution in [0.15, 0.2) is 23.4 Å². The number of amidine groups is 1. The maximum Gasteiger partial charge on any atom is 0.173 e. The molecular weight excluding hydrogens is 232 g/mol. The van der Waals surface area contributed by atoms with E-state index in [1.807, 2.05) is 19.1 Å². The highest BCUT2D eigenvalue weighted by Crippen LogP contribution is 2.20. The van der Waals surface area contributed by atoms with Crippen molar-refractivity contribution in [3.8, 4) is 5.75 Å². The predicted molar refractivity (Wildman–Crippen MR) is 70.3 cm³/mol. The van der Waals surface area contributed by atoms with Crippen molar-refractivity contribution >= 4 is 5.84 Å². The molecule has 1 aromatic carbocycles. The highest BCUT2D eigenvalue weighted by molar-refractivity contribution is 5.99. The van der Waals surface area contributed by atoms with Gasteiger partial charge in [-0.25, -0.2) is 0 Å². The fourth-order valence-corrected chi connectivity index (χ4v) is 1.47. The Morgan fingerprint density at radius 2 is 2.11 bits per heavy atom.